The van der Waals surface area contributed by atoms with Gasteiger partial charge in [-0.15, -0.1) is 0 Å². The molecule has 0 amide bonds. The molecule has 3 rings (SSSR count). The van der Waals surface area contributed by atoms with Crippen molar-refractivity contribution in [1.29, 1.82) is 0 Å². The summed E-state index contributed by atoms with van der Waals surface area (Å²) in [4.78, 5) is 4.14. The van der Waals surface area contributed by atoms with E-state index < -0.39 is 6.43 Å². The van der Waals surface area contributed by atoms with Crippen LogP contribution in [0, 0.1) is 6.92 Å². The monoisotopic (exact) mass is 304 g/mol. The van der Waals surface area contributed by atoms with Crippen LogP contribution in [0.25, 0.3) is 10.9 Å². The Labute approximate surface area is 125 Å². The standard InChI is InChI=1S/C15H14F2N4O/c1-8-13(22-2)15(21-20-8)19-11-5-6-18-12-7-9(14(16)17)3-4-10(11)12/h3-7,14H,1-2H3,(H2,18,19,20,21). The minimum Gasteiger partial charge on any atom is -0.491 e. The number of anilines is 2. The molecule has 114 valence electrons. The van der Waals surface area contributed by atoms with Crippen LogP contribution < -0.4 is 10.1 Å². The Morgan fingerprint density at radius 1 is 1.27 bits per heavy atom. The molecule has 0 radical (unpaired) electrons. The summed E-state index contributed by atoms with van der Waals surface area (Å²) in [6.07, 6.45) is -0.955. The molecule has 0 aliphatic carbocycles. The Balaban J connectivity index is 2.04. The summed E-state index contributed by atoms with van der Waals surface area (Å²) in [5.74, 6) is 1.14. The van der Waals surface area contributed by atoms with Gasteiger partial charge in [0.1, 0.15) is 0 Å². The third kappa shape index (κ3) is 2.45. The molecule has 1 aromatic carbocycles. The number of aromatic amines is 1. The first-order valence-corrected chi connectivity index (χ1v) is 6.63. The fourth-order valence-corrected chi connectivity index (χ4v) is 2.29. The maximum absolute atomic E-state index is 12.8. The van der Waals surface area contributed by atoms with Crippen LogP contribution in [-0.4, -0.2) is 22.3 Å². The van der Waals surface area contributed by atoms with Crippen LogP contribution >= 0.6 is 0 Å². The number of alkyl halides is 2. The number of fused-ring (bicyclic) bond motifs is 1. The third-order valence-electron chi connectivity index (χ3n) is 3.37. The van der Waals surface area contributed by atoms with Gasteiger partial charge in [0.05, 0.1) is 24.0 Å². The van der Waals surface area contributed by atoms with Gasteiger partial charge in [0.15, 0.2) is 11.6 Å². The lowest BCUT2D eigenvalue weighted by molar-refractivity contribution is 0.151. The quantitative estimate of drug-likeness (QED) is 0.766. The molecule has 0 unspecified atom stereocenters. The van der Waals surface area contributed by atoms with E-state index >= 15 is 0 Å². The lowest BCUT2D eigenvalue weighted by Gasteiger charge is -2.09. The van der Waals surface area contributed by atoms with E-state index in [1.54, 1.807) is 25.4 Å². The maximum atomic E-state index is 12.8. The van der Waals surface area contributed by atoms with Gasteiger partial charge in [0, 0.05) is 17.1 Å². The molecule has 0 atom stereocenters. The summed E-state index contributed by atoms with van der Waals surface area (Å²) in [6, 6.07) is 6.16. The fourth-order valence-electron chi connectivity index (χ4n) is 2.29. The van der Waals surface area contributed by atoms with Gasteiger partial charge in [-0.1, -0.05) is 12.1 Å². The molecule has 0 aliphatic rings. The van der Waals surface area contributed by atoms with Crippen molar-refractivity contribution in [2.45, 2.75) is 13.3 Å². The zero-order valence-corrected chi connectivity index (χ0v) is 12.0. The number of nitrogens with zero attached hydrogens (tertiary/aromatic N) is 2. The molecule has 0 aliphatic heterocycles. The van der Waals surface area contributed by atoms with E-state index in [-0.39, 0.29) is 5.56 Å². The van der Waals surface area contributed by atoms with Crippen LogP contribution in [0.2, 0.25) is 0 Å². The summed E-state index contributed by atoms with van der Waals surface area (Å²) in [7, 11) is 1.56. The largest absolute Gasteiger partial charge is 0.491 e. The number of rotatable bonds is 4. The Kier molecular flexibility index (Phi) is 3.62. The maximum Gasteiger partial charge on any atom is 0.263 e. The first kappa shape index (κ1) is 14.2. The Morgan fingerprint density at radius 3 is 2.82 bits per heavy atom. The molecular formula is C15H14F2N4O. The zero-order chi connectivity index (χ0) is 15.7. The summed E-state index contributed by atoms with van der Waals surface area (Å²) in [5, 5.41) is 10.8. The van der Waals surface area contributed by atoms with Gasteiger partial charge in [-0.3, -0.25) is 10.1 Å². The van der Waals surface area contributed by atoms with Crippen LogP contribution in [0.1, 0.15) is 17.7 Å². The third-order valence-corrected chi connectivity index (χ3v) is 3.37. The minimum atomic E-state index is -2.52. The number of halogens is 2. The van der Waals surface area contributed by atoms with Crippen LogP contribution in [0.3, 0.4) is 0 Å². The molecule has 0 bridgehead atoms. The van der Waals surface area contributed by atoms with Crippen molar-refractivity contribution < 1.29 is 13.5 Å². The second kappa shape index (κ2) is 5.59. The van der Waals surface area contributed by atoms with Crippen LogP contribution in [0.5, 0.6) is 5.75 Å². The zero-order valence-electron chi connectivity index (χ0n) is 12.0. The second-order valence-corrected chi connectivity index (χ2v) is 4.79. The summed E-state index contributed by atoms with van der Waals surface area (Å²) < 4.78 is 30.8. The smallest absolute Gasteiger partial charge is 0.263 e. The molecular weight excluding hydrogens is 290 g/mol. The van der Waals surface area contributed by atoms with Crippen molar-refractivity contribution in [2.24, 2.45) is 0 Å². The van der Waals surface area contributed by atoms with E-state index in [0.29, 0.717) is 17.1 Å². The van der Waals surface area contributed by atoms with Gasteiger partial charge in [-0.2, -0.15) is 5.10 Å². The second-order valence-electron chi connectivity index (χ2n) is 4.79. The Hall–Kier alpha value is -2.70. The van der Waals surface area contributed by atoms with Crippen molar-refractivity contribution in [3.05, 3.63) is 41.7 Å². The van der Waals surface area contributed by atoms with Crippen molar-refractivity contribution in [2.75, 3.05) is 12.4 Å². The molecule has 2 heterocycles. The molecule has 0 saturated carbocycles. The first-order chi connectivity index (χ1) is 10.6. The molecule has 2 aromatic heterocycles. The van der Waals surface area contributed by atoms with E-state index in [4.69, 9.17) is 4.74 Å². The Bertz CT molecular complexity index is 816. The van der Waals surface area contributed by atoms with E-state index in [0.717, 1.165) is 16.8 Å². The number of ether oxygens (including phenoxy) is 1. The molecule has 0 fully saturated rings. The molecule has 2 N–H and O–H groups in total. The highest BCUT2D eigenvalue weighted by atomic mass is 19.3. The number of aryl methyl sites for hydroxylation is 1. The average Bonchev–Trinajstić information content (AvgIpc) is 2.87. The highest BCUT2D eigenvalue weighted by molar-refractivity contribution is 5.93. The highest BCUT2D eigenvalue weighted by Crippen LogP contribution is 2.32. The van der Waals surface area contributed by atoms with Crippen LogP contribution in [0.4, 0.5) is 20.3 Å². The lowest BCUT2D eigenvalue weighted by atomic mass is 10.1. The van der Waals surface area contributed by atoms with E-state index in [1.165, 1.54) is 12.1 Å². The van der Waals surface area contributed by atoms with Crippen molar-refractivity contribution >= 4 is 22.4 Å². The van der Waals surface area contributed by atoms with Crippen LogP contribution in [-0.2, 0) is 0 Å². The van der Waals surface area contributed by atoms with Gasteiger partial charge >= 0.3 is 0 Å². The fraction of sp³-hybridized carbons (Fsp3) is 0.200. The van der Waals surface area contributed by atoms with Gasteiger partial charge in [0.25, 0.3) is 6.43 Å². The topological polar surface area (TPSA) is 62.8 Å². The number of pyridine rings is 1. The van der Waals surface area contributed by atoms with Gasteiger partial charge in [-0.25, -0.2) is 8.78 Å². The number of hydrogen-bond acceptors (Lipinski definition) is 4. The predicted molar refractivity (Wildman–Crippen MR) is 79.9 cm³/mol. The van der Waals surface area contributed by atoms with Crippen molar-refractivity contribution in [3.8, 4) is 5.75 Å². The summed E-state index contributed by atoms with van der Waals surface area (Å²) in [5.41, 5.74) is 1.96. The Morgan fingerprint density at radius 2 is 2.09 bits per heavy atom. The molecule has 0 saturated heterocycles. The SMILES string of the molecule is COc1c(Nc2ccnc3cc(C(F)F)ccc23)n[nH]c1C. The number of hydrogen-bond donors (Lipinski definition) is 2. The van der Waals surface area contributed by atoms with Gasteiger partial charge < -0.3 is 10.1 Å². The van der Waals surface area contributed by atoms with Gasteiger partial charge in [-0.05, 0) is 19.1 Å². The number of H-pyrrole nitrogens is 1. The minimum absolute atomic E-state index is 0.0506. The predicted octanol–water partition coefficient (Wildman–Crippen LogP) is 3.96. The molecule has 3 aromatic rings. The summed E-state index contributed by atoms with van der Waals surface area (Å²) in [6.45, 7) is 1.84. The molecule has 22 heavy (non-hydrogen) atoms. The molecule has 7 heteroatoms. The van der Waals surface area contributed by atoms with Crippen molar-refractivity contribution in [3.63, 3.8) is 0 Å². The lowest BCUT2D eigenvalue weighted by Crippen LogP contribution is -1.96. The number of aromatic nitrogens is 3. The first-order valence-electron chi connectivity index (χ1n) is 6.63. The van der Waals surface area contributed by atoms with Crippen LogP contribution in [0.15, 0.2) is 30.5 Å². The van der Waals surface area contributed by atoms with E-state index in [2.05, 4.69) is 20.5 Å². The number of nitrogens with one attached hydrogen (secondary N) is 2. The highest BCUT2D eigenvalue weighted by Gasteiger charge is 2.13. The number of benzene rings is 1. The molecule has 0 spiro atoms. The average molecular weight is 304 g/mol. The van der Waals surface area contributed by atoms with Gasteiger partial charge in [0.2, 0.25) is 0 Å². The normalized spacial score (nSPS) is 11.1. The molecule has 5 nitrogen and oxygen atoms in total. The number of methoxy groups -OCH3 is 1. The van der Waals surface area contributed by atoms with E-state index in [9.17, 15) is 8.78 Å². The van der Waals surface area contributed by atoms with Crippen molar-refractivity contribution in [1.82, 2.24) is 15.2 Å². The van der Waals surface area contributed by atoms with E-state index in [1.807, 2.05) is 6.92 Å². The summed E-state index contributed by atoms with van der Waals surface area (Å²) >= 11 is 0.